The smallest absolute Gasteiger partial charge is 0.338 e. The molecule has 8 heteroatoms. The summed E-state index contributed by atoms with van der Waals surface area (Å²) in [5.41, 5.74) is 1.10. The van der Waals surface area contributed by atoms with Crippen molar-refractivity contribution in [3.05, 3.63) is 52.5 Å². The molecule has 2 aromatic rings. The number of benzene rings is 2. The van der Waals surface area contributed by atoms with Crippen LogP contribution in [0.3, 0.4) is 0 Å². The summed E-state index contributed by atoms with van der Waals surface area (Å²) < 4.78 is 16.2. The first-order valence-corrected chi connectivity index (χ1v) is 8.99. The van der Waals surface area contributed by atoms with Crippen LogP contribution in [0.1, 0.15) is 34.1 Å². The number of Topliss-reactive ketones (excluding diaryl/α,β-unsaturated/α-hetero) is 1. The molecule has 2 aromatic carbocycles. The van der Waals surface area contributed by atoms with Gasteiger partial charge >= 0.3 is 5.97 Å². The zero-order valence-electron chi connectivity index (χ0n) is 15.1. The Morgan fingerprint density at radius 2 is 1.79 bits per heavy atom. The van der Waals surface area contributed by atoms with E-state index in [1.54, 1.807) is 24.3 Å². The Labute approximate surface area is 166 Å². The van der Waals surface area contributed by atoms with E-state index in [1.165, 1.54) is 19.1 Å². The summed E-state index contributed by atoms with van der Waals surface area (Å²) in [7, 11) is 0. The highest BCUT2D eigenvalue weighted by atomic mass is 35.5. The Morgan fingerprint density at radius 3 is 2.50 bits per heavy atom. The van der Waals surface area contributed by atoms with Crippen molar-refractivity contribution in [2.24, 2.45) is 0 Å². The first-order valence-electron chi connectivity index (χ1n) is 8.61. The van der Waals surface area contributed by atoms with Crippen molar-refractivity contribution >= 4 is 34.9 Å². The van der Waals surface area contributed by atoms with E-state index in [-0.39, 0.29) is 22.3 Å². The summed E-state index contributed by atoms with van der Waals surface area (Å²) in [6.07, 6.45) is 0.708. The molecule has 0 bridgehead atoms. The number of nitrogens with one attached hydrogen (secondary N) is 1. The minimum Gasteiger partial charge on any atom is -0.489 e. The summed E-state index contributed by atoms with van der Waals surface area (Å²) in [5, 5.41) is 2.85. The molecule has 0 aliphatic carbocycles. The SMILES string of the molecule is CC(=O)Nc1ccc(C(=O)COC(=O)c2cc(Cl)c3c(c2)OCCCO3)cc1. The molecule has 0 radical (unpaired) electrons. The number of hydrogen-bond donors (Lipinski definition) is 1. The molecule has 146 valence electrons. The lowest BCUT2D eigenvalue weighted by molar-refractivity contribution is -0.114. The molecule has 0 spiro atoms. The minimum absolute atomic E-state index is 0.169. The molecule has 28 heavy (non-hydrogen) atoms. The first kappa shape index (κ1) is 19.7. The van der Waals surface area contributed by atoms with Crippen LogP contribution in [0.4, 0.5) is 5.69 Å². The van der Waals surface area contributed by atoms with Crippen LogP contribution in [0.2, 0.25) is 5.02 Å². The molecule has 7 nitrogen and oxygen atoms in total. The Morgan fingerprint density at radius 1 is 1.07 bits per heavy atom. The summed E-state index contributed by atoms with van der Waals surface area (Å²) in [6.45, 7) is 1.90. The van der Waals surface area contributed by atoms with Crippen LogP contribution in [0.25, 0.3) is 0 Å². The fourth-order valence-corrected chi connectivity index (χ4v) is 2.85. The van der Waals surface area contributed by atoms with Gasteiger partial charge in [-0.25, -0.2) is 4.79 Å². The van der Waals surface area contributed by atoms with Gasteiger partial charge in [-0.1, -0.05) is 11.6 Å². The Balaban J connectivity index is 1.63. The van der Waals surface area contributed by atoms with Gasteiger partial charge < -0.3 is 19.5 Å². The molecule has 0 saturated carbocycles. The van der Waals surface area contributed by atoms with Gasteiger partial charge in [-0.15, -0.1) is 0 Å². The van der Waals surface area contributed by atoms with E-state index < -0.39 is 12.6 Å². The number of carbonyl (C=O) groups excluding carboxylic acids is 3. The van der Waals surface area contributed by atoms with Crippen molar-refractivity contribution in [3.63, 3.8) is 0 Å². The molecule has 1 amide bonds. The van der Waals surface area contributed by atoms with Gasteiger partial charge in [-0.3, -0.25) is 9.59 Å². The van der Waals surface area contributed by atoms with Crippen LogP contribution < -0.4 is 14.8 Å². The lowest BCUT2D eigenvalue weighted by Crippen LogP contribution is -2.14. The number of carbonyl (C=O) groups is 3. The number of esters is 1. The fourth-order valence-electron chi connectivity index (χ4n) is 2.59. The molecule has 0 atom stereocenters. The fraction of sp³-hybridized carbons (Fsp3) is 0.250. The summed E-state index contributed by atoms with van der Waals surface area (Å²) in [6, 6.07) is 9.20. The molecular formula is C20H18ClNO6. The average molecular weight is 404 g/mol. The normalized spacial score (nSPS) is 12.6. The number of fused-ring (bicyclic) bond motifs is 1. The van der Waals surface area contributed by atoms with Crippen molar-refractivity contribution in [3.8, 4) is 11.5 Å². The molecule has 0 saturated heterocycles. The molecule has 0 fully saturated rings. The monoisotopic (exact) mass is 403 g/mol. The second kappa shape index (κ2) is 8.75. The molecule has 0 unspecified atom stereocenters. The van der Waals surface area contributed by atoms with E-state index in [9.17, 15) is 14.4 Å². The van der Waals surface area contributed by atoms with E-state index in [2.05, 4.69) is 5.32 Å². The topological polar surface area (TPSA) is 90.9 Å². The van der Waals surface area contributed by atoms with E-state index in [0.717, 1.165) is 0 Å². The average Bonchev–Trinajstić information content (AvgIpc) is 2.92. The van der Waals surface area contributed by atoms with Crippen LogP contribution in [0, 0.1) is 0 Å². The van der Waals surface area contributed by atoms with Crippen molar-refractivity contribution in [1.29, 1.82) is 0 Å². The molecule has 0 aromatic heterocycles. The maximum Gasteiger partial charge on any atom is 0.338 e. The second-order valence-electron chi connectivity index (χ2n) is 6.09. The second-order valence-corrected chi connectivity index (χ2v) is 6.50. The van der Waals surface area contributed by atoms with Gasteiger partial charge in [0.15, 0.2) is 23.9 Å². The number of amides is 1. The number of halogens is 1. The minimum atomic E-state index is -0.694. The quantitative estimate of drug-likeness (QED) is 0.607. The summed E-state index contributed by atoms with van der Waals surface area (Å²) in [5.74, 6) is -0.506. The zero-order chi connectivity index (χ0) is 20.1. The first-order chi connectivity index (χ1) is 13.4. The molecule has 1 heterocycles. The Kier molecular flexibility index (Phi) is 6.16. The third-order valence-electron chi connectivity index (χ3n) is 3.90. The number of ether oxygens (including phenoxy) is 3. The number of ketones is 1. The van der Waals surface area contributed by atoms with Gasteiger partial charge in [0, 0.05) is 24.6 Å². The molecule has 3 rings (SSSR count). The zero-order valence-corrected chi connectivity index (χ0v) is 15.9. The maximum absolute atomic E-state index is 12.3. The molecule has 1 N–H and O–H groups in total. The Hall–Kier alpha value is -3.06. The van der Waals surface area contributed by atoms with E-state index in [0.29, 0.717) is 42.4 Å². The highest BCUT2D eigenvalue weighted by Crippen LogP contribution is 2.38. The van der Waals surface area contributed by atoms with E-state index in [1.807, 2.05) is 0 Å². The standard InChI is InChI=1S/C20H18ClNO6/c1-12(23)22-15-5-3-13(4-6-15)17(24)11-28-20(25)14-9-16(21)19-18(10-14)26-7-2-8-27-19/h3-6,9-10H,2,7-8,11H2,1H3,(H,22,23). The van der Waals surface area contributed by atoms with Gasteiger partial charge in [0.2, 0.25) is 5.91 Å². The van der Waals surface area contributed by atoms with Crippen LogP contribution in [-0.2, 0) is 9.53 Å². The third-order valence-corrected chi connectivity index (χ3v) is 4.18. The predicted octanol–water partition coefficient (Wildman–Crippen LogP) is 3.50. The van der Waals surface area contributed by atoms with E-state index >= 15 is 0 Å². The Bertz CT molecular complexity index is 910. The largest absolute Gasteiger partial charge is 0.489 e. The lowest BCUT2D eigenvalue weighted by Gasteiger charge is -2.11. The van der Waals surface area contributed by atoms with Gasteiger partial charge in [-0.05, 0) is 36.4 Å². The number of hydrogen-bond acceptors (Lipinski definition) is 6. The van der Waals surface area contributed by atoms with E-state index in [4.69, 9.17) is 25.8 Å². The predicted molar refractivity (Wildman–Crippen MR) is 102 cm³/mol. The molecule has 1 aliphatic rings. The van der Waals surface area contributed by atoms with Crippen LogP contribution in [-0.4, -0.2) is 37.5 Å². The van der Waals surface area contributed by atoms with Gasteiger partial charge in [0.25, 0.3) is 0 Å². The highest BCUT2D eigenvalue weighted by molar-refractivity contribution is 6.32. The van der Waals surface area contributed by atoms with Crippen molar-refractivity contribution in [2.45, 2.75) is 13.3 Å². The lowest BCUT2D eigenvalue weighted by atomic mass is 10.1. The van der Waals surface area contributed by atoms with Crippen molar-refractivity contribution < 1.29 is 28.6 Å². The van der Waals surface area contributed by atoms with Crippen molar-refractivity contribution in [1.82, 2.24) is 0 Å². The summed E-state index contributed by atoms with van der Waals surface area (Å²) >= 11 is 6.16. The molecular weight excluding hydrogens is 386 g/mol. The summed E-state index contributed by atoms with van der Waals surface area (Å²) in [4.78, 5) is 35.5. The van der Waals surface area contributed by atoms with Crippen molar-refractivity contribution in [2.75, 3.05) is 25.1 Å². The van der Waals surface area contributed by atoms with Gasteiger partial charge in [0.05, 0.1) is 23.8 Å². The van der Waals surface area contributed by atoms with Crippen LogP contribution in [0.15, 0.2) is 36.4 Å². The van der Waals surface area contributed by atoms with Crippen LogP contribution in [0.5, 0.6) is 11.5 Å². The number of anilines is 1. The van der Waals surface area contributed by atoms with Crippen LogP contribution >= 0.6 is 11.6 Å². The highest BCUT2D eigenvalue weighted by Gasteiger charge is 2.20. The third kappa shape index (κ3) is 4.80. The molecule has 1 aliphatic heterocycles. The number of rotatable bonds is 5. The van der Waals surface area contributed by atoms with Gasteiger partial charge in [0.1, 0.15) is 0 Å². The van der Waals surface area contributed by atoms with Gasteiger partial charge in [-0.2, -0.15) is 0 Å². The maximum atomic E-state index is 12.3.